The van der Waals surface area contributed by atoms with Gasteiger partial charge in [-0.1, -0.05) is 24.3 Å². The monoisotopic (exact) mass is 363 g/mol. The van der Waals surface area contributed by atoms with Crippen LogP contribution in [0.15, 0.2) is 48.5 Å². The van der Waals surface area contributed by atoms with E-state index in [9.17, 15) is 18.0 Å². The Morgan fingerprint density at radius 1 is 1.15 bits per heavy atom. The number of hydrogen-bond acceptors (Lipinski definition) is 2. The van der Waals surface area contributed by atoms with Crippen molar-refractivity contribution < 1.29 is 22.7 Å². The van der Waals surface area contributed by atoms with Gasteiger partial charge in [-0.25, -0.2) is 0 Å². The van der Waals surface area contributed by atoms with E-state index in [2.05, 4.69) is 11.4 Å². The zero-order valence-corrected chi connectivity index (χ0v) is 14.3. The molecular formula is C20H20F3NO2. The van der Waals surface area contributed by atoms with Crippen LogP contribution in [0.2, 0.25) is 0 Å². The Morgan fingerprint density at radius 3 is 2.54 bits per heavy atom. The summed E-state index contributed by atoms with van der Waals surface area (Å²) in [5, 5.41) is 2.99. The van der Waals surface area contributed by atoms with E-state index in [0.717, 1.165) is 37.0 Å². The van der Waals surface area contributed by atoms with Crippen molar-refractivity contribution in [3.8, 4) is 5.75 Å². The van der Waals surface area contributed by atoms with Crippen molar-refractivity contribution in [3.05, 3.63) is 65.2 Å². The van der Waals surface area contributed by atoms with Gasteiger partial charge in [0.15, 0.2) is 6.10 Å². The fourth-order valence-corrected chi connectivity index (χ4v) is 3.17. The summed E-state index contributed by atoms with van der Waals surface area (Å²) in [7, 11) is 0. The van der Waals surface area contributed by atoms with E-state index in [1.807, 2.05) is 18.2 Å². The van der Waals surface area contributed by atoms with Crippen LogP contribution in [0.1, 0.15) is 42.5 Å². The second-order valence-electron chi connectivity index (χ2n) is 6.43. The lowest BCUT2D eigenvalue weighted by Gasteiger charge is -2.27. The highest BCUT2D eigenvalue weighted by Crippen LogP contribution is 2.31. The van der Waals surface area contributed by atoms with Crippen LogP contribution in [0, 0.1) is 0 Å². The van der Waals surface area contributed by atoms with Gasteiger partial charge in [0.1, 0.15) is 5.75 Å². The lowest BCUT2D eigenvalue weighted by Crippen LogP contribution is -2.39. The number of ether oxygens (including phenoxy) is 1. The van der Waals surface area contributed by atoms with Gasteiger partial charge in [0.2, 0.25) is 0 Å². The SMILES string of the molecule is C[C@H](Oc1ccc(C(F)(F)F)cc1)C(=O)N[C@H]1CCCc2ccccc21. The van der Waals surface area contributed by atoms with Gasteiger partial charge in [-0.05, 0) is 61.6 Å². The van der Waals surface area contributed by atoms with Crippen LogP contribution in [-0.4, -0.2) is 12.0 Å². The number of rotatable bonds is 4. The van der Waals surface area contributed by atoms with E-state index in [1.54, 1.807) is 6.92 Å². The van der Waals surface area contributed by atoms with Crippen LogP contribution < -0.4 is 10.1 Å². The highest BCUT2D eigenvalue weighted by atomic mass is 19.4. The molecule has 26 heavy (non-hydrogen) atoms. The number of carbonyl (C=O) groups is 1. The quantitative estimate of drug-likeness (QED) is 0.858. The van der Waals surface area contributed by atoms with Gasteiger partial charge in [-0.3, -0.25) is 4.79 Å². The third-order valence-electron chi connectivity index (χ3n) is 4.55. The first-order valence-corrected chi connectivity index (χ1v) is 8.56. The fraction of sp³-hybridized carbons (Fsp3) is 0.350. The van der Waals surface area contributed by atoms with Crippen LogP contribution in [0.4, 0.5) is 13.2 Å². The molecule has 0 saturated carbocycles. The van der Waals surface area contributed by atoms with Crippen LogP contribution in [0.5, 0.6) is 5.75 Å². The molecule has 1 N–H and O–H groups in total. The van der Waals surface area contributed by atoms with Gasteiger partial charge in [-0.2, -0.15) is 13.2 Å². The predicted molar refractivity (Wildman–Crippen MR) is 91.8 cm³/mol. The molecule has 0 heterocycles. The molecule has 0 spiro atoms. The van der Waals surface area contributed by atoms with Crippen molar-refractivity contribution in [3.63, 3.8) is 0 Å². The summed E-state index contributed by atoms with van der Waals surface area (Å²) in [6.45, 7) is 1.59. The summed E-state index contributed by atoms with van der Waals surface area (Å²) in [6, 6.07) is 12.3. The van der Waals surface area contributed by atoms with Crippen LogP contribution in [0.3, 0.4) is 0 Å². The Bertz CT molecular complexity index is 771. The summed E-state index contributed by atoms with van der Waals surface area (Å²) in [5.41, 5.74) is 1.61. The van der Waals surface area contributed by atoms with Gasteiger partial charge >= 0.3 is 6.18 Å². The van der Waals surface area contributed by atoms with Crippen molar-refractivity contribution in [1.29, 1.82) is 0 Å². The van der Waals surface area contributed by atoms with Crippen LogP contribution in [-0.2, 0) is 17.4 Å². The number of hydrogen-bond donors (Lipinski definition) is 1. The average molecular weight is 363 g/mol. The second kappa shape index (κ2) is 7.40. The van der Waals surface area contributed by atoms with Crippen molar-refractivity contribution in [2.75, 3.05) is 0 Å². The molecule has 0 aromatic heterocycles. The minimum atomic E-state index is -4.39. The maximum atomic E-state index is 12.6. The van der Waals surface area contributed by atoms with Crippen molar-refractivity contribution in [1.82, 2.24) is 5.32 Å². The number of alkyl halides is 3. The molecule has 1 aliphatic carbocycles. The maximum absolute atomic E-state index is 12.6. The highest BCUT2D eigenvalue weighted by Gasteiger charge is 2.30. The lowest BCUT2D eigenvalue weighted by atomic mass is 9.87. The minimum Gasteiger partial charge on any atom is -0.481 e. The third kappa shape index (κ3) is 4.18. The molecule has 3 rings (SSSR count). The summed E-state index contributed by atoms with van der Waals surface area (Å²) in [4.78, 5) is 12.4. The highest BCUT2D eigenvalue weighted by molar-refractivity contribution is 5.81. The molecule has 6 heteroatoms. The van der Waals surface area contributed by atoms with E-state index >= 15 is 0 Å². The van der Waals surface area contributed by atoms with Gasteiger partial charge in [-0.15, -0.1) is 0 Å². The predicted octanol–water partition coefficient (Wildman–Crippen LogP) is 4.67. The first-order chi connectivity index (χ1) is 12.3. The van der Waals surface area contributed by atoms with Crippen molar-refractivity contribution in [2.24, 2.45) is 0 Å². The summed E-state index contributed by atoms with van der Waals surface area (Å²) in [6.07, 6.45) is -2.34. The molecule has 0 saturated heterocycles. The molecular weight excluding hydrogens is 343 g/mol. The summed E-state index contributed by atoms with van der Waals surface area (Å²) >= 11 is 0. The Hall–Kier alpha value is -2.50. The van der Waals surface area contributed by atoms with Gasteiger partial charge in [0, 0.05) is 0 Å². The zero-order valence-electron chi connectivity index (χ0n) is 14.3. The zero-order chi connectivity index (χ0) is 18.7. The van der Waals surface area contributed by atoms with E-state index in [-0.39, 0.29) is 17.7 Å². The number of fused-ring (bicyclic) bond motifs is 1. The molecule has 0 radical (unpaired) electrons. The molecule has 0 fully saturated rings. The topological polar surface area (TPSA) is 38.3 Å². The first kappa shape index (κ1) is 18.3. The Morgan fingerprint density at radius 2 is 1.85 bits per heavy atom. The van der Waals surface area contributed by atoms with E-state index in [1.165, 1.54) is 17.7 Å². The Labute approximate surface area is 150 Å². The number of carbonyl (C=O) groups excluding carboxylic acids is 1. The Kier molecular flexibility index (Phi) is 5.20. The summed E-state index contributed by atoms with van der Waals surface area (Å²) in [5.74, 6) is -0.0590. The number of nitrogens with one attached hydrogen (secondary N) is 1. The van der Waals surface area contributed by atoms with Gasteiger partial charge in [0.05, 0.1) is 11.6 Å². The molecule has 0 unspecified atom stereocenters. The van der Waals surface area contributed by atoms with E-state index in [4.69, 9.17) is 4.74 Å². The molecule has 3 nitrogen and oxygen atoms in total. The largest absolute Gasteiger partial charge is 0.481 e. The fourth-order valence-electron chi connectivity index (χ4n) is 3.17. The normalized spacial score (nSPS) is 17.9. The van der Waals surface area contributed by atoms with E-state index in [0.29, 0.717) is 0 Å². The van der Waals surface area contributed by atoms with Crippen LogP contribution >= 0.6 is 0 Å². The van der Waals surface area contributed by atoms with Crippen molar-refractivity contribution >= 4 is 5.91 Å². The van der Waals surface area contributed by atoms with Crippen molar-refractivity contribution in [2.45, 2.75) is 44.5 Å². The first-order valence-electron chi connectivity index (χ1n) is 8.56. The minimum absolute atomic E-state index is 0.0638. The maximum Gasteiger partial charge on any atom is 0.416 e. The van der Waals surface area contributed by atoms with Crippen LogP contribution in [0.25, 0.3) is 0 Å². The number of halogens is 3. The molecule has 0 aliphatic heterocycles. The summed E-state index contributed by atoms with van der Waals surface area (Å²) < 4.78 is 43.3. The molecule has 2 aromatic carbocycles. The average Bonchev–Trinajstić information content (AvgIpc) is 2.61. The number of amides is 1. The lowest BCUT2D eigenvalue weighted by molar-refractivity contribution is -0.137. The van der Waals surface area contributed by atoms with Gasteiger partial charge in [0.25, 0.3) is 5.91 Å². The molecule has 1 aliphatic rings. The molecule has 138 valence electrons. The van der Waals surface area contributed by atoms with E-state index < -0.39 is 17.8 Å². The molecule has 2 aromatic rings. The standard InChI is InChI=1S/C20H20F3NO2/c1-13(26-16-11-9-15(10-12-16)20(21,22)23)19(25)24-18-8-4-6-14-5-2-3-7-17(14)18/h2-3,5,7,9-13,18H,4,6,8H2,1H3,(H,24,25)/t13-,18-/m0/s1. The third-order valence-corrected chi connectivity index (χ3v) is 4.55. The number of aryl methyl sites for hydroxylation is 1. The van der Waals surface area contributed by atoms with Gasteiger partial charge < -0.3 is 10.1 Å². The smallest absolute Gasteiger partial charge is 0.416 e. The molecule has 0 bridgehead atoms. The molecule has 2 atom stereocenters. The Balaban J connectivity index is 1.62. The number of benzene rings is 2. The molecule has 1 amide bonds. The second-order valence-corrected chi connectivity index (χ2v) is 6.43.